The van der Waals surface area contributed by atoms with Gasteiger partial charge in [-0.2, -0.15) is 5.10 Å². The van der Waals surface area contributed by atoms with E-state index in [0.29, 0.717) is 5.75 Å². The van der Waals surface area contributed by atoms with Crippen LogP contribution in [0.25, 0.3) is 15.9 Å². The van der Waals surface area contributed by atoms with Gasteiger partial charge in [0.15, 0.2) is 10.9 Å². The van der Waals surface area contributed by atoms with E-state index in [9.17, 15) is 4.79 Å². The molecule has 0 amide bonds. The SMILES string of the molecule is Cc1cc(C(=O)CSc2nncc3ccccc23)c(C)n1-c1nccs1. The van der Waals surface area contributed by atoms with Crippen LogP contribution in [0.15, 0.2) is 53.1 Å². The van der Waals surface area contributed by atoms with Crippen LogP contribution in [0.5, 0.6) is 0 Å². The monoisotopic (exact) mass is 380 g/mol. The molecule has 130 valence electrons. The number of aromatic nitrogens is 4. The second-order valence-electron chi connectivity index (χ2n) is 5.88. The lowest BCUT2D eigenvalue weighted by atomic mass is 10.2. The van der Waals surface area contributed by atoms with Gasteiger partial charge in [-0.1, -0.05) is 36.0 Å². The van der Waals surface area contributed by atoms with E-state index in [-0.39, 0.29) is 5.78 Å². The van der Waals surface area contributed by atoms with Gasteiger partial charge in [-0.05, 0) is 19.9 Å². The number of rotatable bonds is 5. The molecule has 1 aromatic carbocycles. The average Bonchev–Trinajstić information content (AvgIpc) is 3.27. The number of ketones is 1. The number of hydrogen-bond donors (Lipinski definition) is 0. The number of nitrogens with zero attached hydrogens (tertiary/aromatic N) is 4. The van der Waals surface area contributed by atoms with Crippen molar-refractivity contribution < 1.29 is 4.79 Å². The van der Waals surface area contributed by atoms with Gasteiger partial charge >= 0.3 is 0 Å². The first-order valence-electron chi connectivity index (χ1n) is 8.10. The molecule has 4 rings (SSSR count). The number of fused-ring (bicyclic) bond motifs is 1. The Balaban J connectivity index is 1.58. The zero-order chi connectivity index (χ0) is 18.1. The Labute approximate surface area is 159 Å². The van der Waals surface area contributed by atoms with Crippen molar-refractivity contribution in [1.82, 2.24) is 19.7 Å². The van der Waals surface area contributed by atoms with Crippen molar-refractivity contribution in [2.45, 2.75) is 18.9 Å². The lowest BCUT2D eigenvalue weighted by molar-refractivity contribution is 0.102. The van der Waals surface area contributed by atoms with E-state index >= 15 is 0 Å². The van der Waals surface area contributed by atoms with Crippen LogP contribution in [0, 0.1) is 13.8 Å². The summed E-state index contributed by atoms with van der Waals surface area (Å²) in [7, 11) is 0. The Morgan fingerprint density at radius 1 is 1.27 bits per heavy atom. The highest BCUT2D eigenvalue weighted by Crippen LogP contribution is 2.27. The summed E-state index contributed by atoms with van der Waals surface area (Å²) in [5.74, 6) is 0.408. The number of thioether (sulfide) groups is 1. The lowest BCUT2D eigenvalue weighted by Crippen LogP contribution is -2.06. The normalized spacial score (nSPS) is 11.2. The minimum absolute atomic E-state index is 0.0839. The van der Waals surface area contributed by atoms with Gasteiger partial charge < -0.3 is 0 Å². The second-order valence-corrected chi connectivity index (χ2v) is 7.72. The maximum atomic E-state index is 12.8. The zero-order valence-corrected chi connectivity index (χ0v) is 16.0. The first-order chi connectivity index (χ1) is 12.6. The summed E-state index contributed by atoms with van der Waals surface area (Å²) >= 11 is 2.99. The van der Waals surface area contributed by atoms with Crippen molar-refractivity contribution in [2.24, 2.45) is 0 Å². The number of thiazole rings is 1. The van der Waals surface area contributed by atoms with Gasteiger partial charge in [0.2, 0.25) is 0 Å². The summed E-state index contributed by atoms with van der Waals surface area (Å²) in [6.07, 6.45) is 3.51. The molecule has 0 N–H and O–H groups in total. The highest BCUT2D eigenvalue weighted by Gasteiger charge is 2.18. The molecule has 0 aliphatic heterocycles. The van der Waals surface area contributed by atoms with Crippen molar-refractivity contribution in [1.29, 1.82) is 0 Å². The maximum absolute atomic E-state index is 12.8. The van der Waals surface area contributed by atoms with Crippen molar-refractivity contribution in [2.75, 3.05) is 5.75 Å². The molecule has 0 saturated heterocycles. The molecule has 0 radical (unpaired) electrons. The molecule has 4 aromatic rings. The van der Waals surface area contributed by atoms with Crippen molar-refractivity contribution in [3.63, 3.8) is 0 Å². The fourth-order valence-electron chi connectivity index (χ4n) is 2.99. The van der Waals surface area contributed by atoms with E-state index in [2.05, 4.69) is 15.2 Å². The number of hydrogen-bond acceptors (Lipinski definition) is 6. The number of carbonyl (C=O) groups excluding carboxylic acids is 1. The molecule has 3 heterocycles. The second kappa shape index (κ2) is 7.01. The zero-order valence-electron chi connectivity index (χ0n) is 14.3. The highest BCUT2D eigenvalue weighted by molar-refractivity contribution is 8.00. The largest absolute Gasteiger partial charge is 0.294 e. The van der Waals surface area contributed by atoms with Crippen LogP contribution in [0.3, 0.4) is 0 Å². The van der Waals surface area contributed by atoms with Gasteiger partial charge in [0.1, 0.15) is 5.03 Å². The van der Waals surface area contributed by atoms with E-state index in [1.807, 2.05) is 54.1 Å². The minimum atomic E-state index is 0.0839. The summed E-state index contributed by atoms with van der Waals surface area (Å²) in [5.41, 5.74) is 2.67. The fraction of sp³-hybridized carbons (Fsp3) is 0.158. The van der Waals surface area contributed by atoms with E-state index < -0.39 is 0 Å². The summed E-state index contributed by atoms with van der Waals surface area (Å²) in [6.45, 7) is 3.96. The summed E-state index contributed by atoms with van der Waals surface area (Å²) < 4.78 is 2.03. The standard InChI is InChI=1S/C19H16N4OS2/c1-12-9-16(13(2)23(12)19-20-7-8-25-19)17(24)11-26-18-15-6-4-3-5-14(15)10-21-22-18/h3-10H,11H2,1-2H3. The van der Waals surface area contributed by atoms with Crippen LogP contribution in [0.2, 0.25) is 0 Å². The van der Waals surface area contributed by atoms with E-state index in [1.165, 1.54) is 11.8 Å². The molecule has 3 aromatic heterocycles. The number of aryl methyl sites for hydroxylation is 1. The minimum Gasteiger partial charge on any atom is -0.294 e. The van der Waals surface area contributed by atoms with Gasteiger partial charge in [0, 0.05) is 39.3 Å². The van der Waals surface area contributed by atoms with Gasteiger partial charge in [-0.15, -0.1) is 16.4 Å². The Morgan fingerprint density at radius 3 is 2.92 bits per heavy atom. The van der Waals surface area contributed by atoms with Crippen molar-refractivity contribution >= 4 is 39.7 Å². The molecule has 0 bridgehead atoms. The molecule has 0 aliphatic rings. The predicted octanol–water partition coefficient (Wildman–Crippen LogP) is 4.47. The van der Waals surface area contributed by atoms with E-state index in [1.54, 1.807) is 23.7 Å². The van der Waals surface area contributed by atoms with Gasteiger partial charge in [0.25, 0.3) is 0 Å². The smallest absolute Gasteiger partial charge is 0.193 e. The summed E-state index contributed by atoms with van der Waals surface area (Å²) in [4.78, 5) is 17.2. The van der Waals surface area contributed by atoms with Gasteiger partial charge in [-0.25, -0.2) is 4.98 Å². The number of Topliss-reactive ketones (excluding diaryl/α,β-unsaturated/α-hetero) is 1. The molecule has 5 nitrogen and oxygen atoms in total. The van der Waals surface area contributed by atoms with Crippen LogP contribution in [0.4, 0.5) is 0 Å². The Kier molecular flexibility index (Phi) is 4.57. The number of carbonyl (C=O) groups is 1. The van der Waals surface area contributed by atoms with E-state index in [4.69, 9.17) is 0 Å². The first-order valence-corrected chi connectivity index (χ1v) is 9.97. The molecule has 0 aliphatic carbocycles. The first kappa shape index (κ1) is 16.9. The summed E-state index contributed by atoms with van der Waals surface area (Å²) in [5, 5.41) is 13.9. The molecule has 0 fully saturated rings. The predicted molar refractivity (Wildman–Crippen MR) is 106 cm³/mol. The maximum Gasteiger partial charge on any atom is 0.193 e. The molecular weight excluding hydrogens is 364 g/mol. The van der Waals surface area contributed by atoms with Crippen LogP contribution < -0.4 is 0 Å². The van der Waals surface area contributed by atoms with Crippen LogP contribution >= 0.6 is 23.1 Å². The van der Waals surface area contributed by atoms with E-state index in [0.717, 1.165) is 37.9 Å². The quantitative estimate of drug-likeness (QED) is 0.378. The van der Waals surface area contributed by atoms with Crippen molar-refractivity contribution in [3.05, 3.63) is 65.1 Å². The number of benzene rings is 1. The average molecular weight is 380 g/mol. The Hall–Kier alpha value is -2.51. The van der Waals surface area contributed by atoms with Gasteiger partial charge in [0.05, 0.1) is 11.9 Å². The highest BCUT2D eigenvalue weighted by atomic mass is 32.2. The molecule has 0 spiro atoms. The molecule has 7 heteroatoms. The topological polar surface area (TPSA) is 60.7 Å². The molecule has 0 saturated carbocycles. The third-order valence-electron chi connectivity index (χ3n) is 4.22. The third kappa shape index (κ3) is 3.04. The molecule has 0 atom stereocenters. The third-order valence-corrected chi connectivity index (χ3v) is 5.96. The summed E-state index contributed by atoms with van der Waals surface area (Å²) in [6, 6.07) is 9.88. The van der Waals surface area contributed by atoms with Gasteiger partial charge in [-0.3, -0.25) is 9.36 Å². The Morgan fingerprint density at radius 2 is 2.12 bits per heavy atom. The molecule has 26 heavy (non-hydrogen) atoms. The van der Waals surface area contributed by atoms with Crippen molar-refractivity contribution in [3.8, 4) is 5.13 Å². The van der Waals surface area contributed by atoms with Crippen LogP contribution in [0.1, 0.15) is 21.7 Å². The Bertz CT molecular complexity index is 1080. The lowest BCUT2D eigenvalue weighted by Gasteiger charge is -2.06. The van der Waals surface area contributed by atoms with Crippen LogP contribution in [-0.2, 0) is 0 Å². The molecule has 0 unspecified atom stereocenters. The van der Waals surface area contributed by atoms with Crippen LogP contribution in [-0.4, -0.2) is 31.3 Å². The fourth-order valence-corrected chi connectivity index (χ4v) is 4.61. The molecular formula is C19H16N4OS2.